The Hall–Kier alpha value is -1.82. The SMILES string of the molecule is CCOc1ncc(C(=O)NC2CCCCCCC2C(=O)O)cc1Cl. The molecule has 1 aromatic heterocycles. The number of ether oxygens (including phenoxy) is 1. The van der Waals surface area contributed by atoms with Gasteiger partial charge in [0, 0.05) is 12.2 Å². The first-order valence-electron chi connectivity index (χ1n) is 8.35. The Balaban J connectivity index is 2.10. The highest BCUT2D eigenvalue weighted by Gasteiger charge is 2.30. The second-order valence-corrected chi connectivity index (χ2v) is 6.37. The number of rotatable bonds is 5. The molecule has 1 saturated carbocycles. The quantitative estimate of drug-likeness (QED) is 0.847. The Labute approximate surface area is 146 Å². The predicted octanol–water partition coefficient (Wildman–Crippen LogP) is 3.29. The molecule has 2 rings (SSSR count). The van der Waals surface area contributed by atoms with E-state index in [1.54, 1.807) is 0 Å². The van der Waals surface area contributed by atoms with E-state index in [-0.39, 0.29) is 22.9 Å². The summed E-state index contributed by atoms with van der Waals surface area (Å²) >= 11 is 6.06. The smallest absolute Gasteiger partial charge is 0.308 e. The fourth-order valence-electron chi connectivity index (χ4n) is 3.00. The Bertz CT molecular complexity index is 594. The molecule has 1 aliphatic carbocycles. The van der Waals surface area contributed by atoms with Crippen LogP contribution in [0.1, 0.15) is 55.8 Å². The Morgan fingerprint density at radius 3 is 2.67 bits per heavy atom. The van der Waals surface area contributed by atoms with E-state index in [0.717, 1.165) is 25.7 Å². The highest BCUT2D eigenvalue weighted by atomic mass is 35.5. The predicted molar refractivity (Wildman–Crippen MR) is 90.5 cm³/mol. The summed E-state index contributed by atoms with van der Waals surface area (Å²) in [7, 11) is 0. The summed E-state index contributed by atoms with van der Waals surface area (Å²) in [5.41, 5.74) is 0.301. The third-order valence-corrected chi connectivity index (χ3v) is 4.52. The molecule has 0 radical (unpaired) electrons. The molecule has 2 atom stereocenters. The number of hydrogen-bond donors (Lipinski definition) is 2. The number of pyridine rings is 1. The first-order valence-corrected chi connectivity index (χ1v) is 8.72. The average molecular weight is 355 g/mol. The van der Waals surface area contributed by atoms with Crippen molar-refractivity contribution < 1.29 is 19.4 Å². The first kappa shape index (κ1) is 18.5. The number of hydrogen-bond acceptors (Lipinski definition) is 4. The van der Waals surface area contributed by atoms with Crippen LogP contribution in [0.2, 0.25) is 5.02 Å². The summed E-state index contributed by atoms with van der Waals surface area (Å²) in [5.74, 6) is -1.49. The molecule has 0 aliphatic heterocycles. The van der Waals surface area contributed by atoms with Crippen LogP contribution >= 0.6 is 11.6 Å². The van der Waals surface area contributed by atoms with E-state index in [0.29, 0.717) is 25.0 Å². The number of carbonyl (C=O) groups excluding carboxylic acids is 1. The standard InChI is InChI=1S/C17H23ClN2O4/c1-2-24-16-13(18)9-11(10-19-16)15(21)20-14-8-6-4-3-5-7-12(14)17(22)23/h9-10,12,14H,2-8H2,1H3,(H,20,21)(H,22,23). The van der Waals surface area contributed by atoms with Crippen LogP contribution in [0, 0.1) is 5.92 Å². The topological polar surface area (TPSA) is 88.5 Å². The van der Waals surface area contributed by atoms with Gasteiger partial charge < -0.3 is 15.2 Å². The lowest BCUT2D eigenvalue weighted by Gasteiger charge is -2.27. The Kier molecular flexibility index (Phi) is 6.85. The van der Waals surface area contributed by atoms with Crippen molar-refractivity contribution in [2.24, 2.45) is 5.92 Å². The molecule has 0 saturated heterocycles. The van der Waals surface area contributed by atoms with Crippen LogP contribution in [0.15, 0.2) is 12.3 Å². The van der Waals surface area contributed by atoms with E-state index in [9.17, 15) is 14.7 Å². The third kappa shape index (κ3) is 4.84. The lowest BCUT2D eigenvalue weighted by Crippen LogP contribution is -2.44. The Morgan fingerprint density at radius 1 is 1.33 bits per heavy atom. The minimum absolute atomic E-state index is 0.261. The first-order chi connectivity index (χ1) is 11.5. The van der Waals surface area contributed by atoms with Gasteiger partial charge in [-0.05, 0) is 25.8 Å². The summed E-state index contributed by atoms with van der Waals surface area (Å²) in [4.78, 5) is 28.0. The molecule has 7 heteroatoms. The molecular weight excluding hydrogens is 332 g/mol. The molecule has 1 heterocycles. The second kappa shape index (κ2) is 8.87. The monoisotopic (exact) mass is 354 g/mol. The van der Waals surface area contributed by atoms with Gasteiger partial charge in [0.25, 0.3) is 5.91 Å². The van der Waals surface area contributed by atoms with Crippen molar-refractivity contribution in [1.29, 1.82) is 0 Å². The van der Waals surface area contributed by atoms with E-state index in [1.165, 1.54) is 12.3 Å². The van der Waals surface area contributed by atoms with Crippen molar-refractivity contribution in [2.45, 2.75) is 51.5 Å². The van der Waals surface area contributed by atoms with Gasteiger partial charge in [0.1, 0.15) is 5.02 Å². The largest absolute Gasteiger partial charge is 0.481 e. The molecule has 2 N–H and O–H groups in total. The zero-order valence-corrected chi connectivity index (χ0v) is 14.5. The van der Waals surface area contributed by atoms with Crippen LogP contribution in [0.4, 0.5) is 0 Å². The molecule has 132 valence electrons. The summed E-state index contributed by atoms with van der Waals surface area (Å²) in [5, 5.41) is 12.6. The zero-order chi connectivity index (χ0) is 17.5. The molecule has 1 aromatic rings. The lowest BCUT2D eigenvalue weighted by molar-refractivity contribution is -0.143. The Morgan fingerprint density at radius 2 is 2.04 bits per heavy atom. The van der Waals surface area contributed by atoms with Gasteiger partial charge in [0.05, 0.1) is 18.1 Å². The van der Waals surface area contributed by atoms with Gasteiger partial charge in [0.2, 0.25) is 5.88 Å². The number of nitrogens with one attached hydrogen (secondary N) is 1. The van der Waals surface area contributed by atoms with Crippen molar-refractivity contribution in [3.05, 3.63) is 22.8 Å². The maximum atomic E-state index is 12.5. The van der Waals surface area contributed by atoms with Gasteiger partial charge in [-0.15, -0.1) is 0 Å². The molecule has 0 spiro atoms. The number of carbonyl (C=O) groups is 2. The molecule has 0 bridgehead atoms. The molecule has 6 nitrogen and oxygen atoms in total. The van der Waals surface area contributed by atoms with Crippen molar-refractivity contribution in [1.82, 2.24) is 10.3 Å². The van der Waals surface area contributed by atoms with Crippen molar-refractivity contribution >= 4 is 23.5 Å². The highest BCUT2D eigenvalue weighted by molar-refractivity contribution is 6.32. The van der Waals surface area contributed by atoms with Crippen molar-refractivity contribution in [3.8, 4) is 5.88 Å². The maximum absolute atomic E-state index is 12.5. The summed E-state index contributed by atoms with van der Waals surface area (Å²) in [6.45, 7) is 2.25. The molecular formula is C17H23ClN2O4. The van der Waals surface area contributed by atoms with Gasteiger partial charge in [-0.2, -0.15) is 0 Å². The van der Waals surface area contributed by atoms with Crippen LogP contribution in [-0.2, 0) is 4.79 Å². The van der Waals surface area contributed by atoms with Crippen molar-refractivity contribution in [2.75, 3.05) is 6.61 Å². The lowest BCUT2D eigenvalue weighted by atomic mass is 9.86. The van der Waals surface area contributed by atoms with Crippen LogP contribution in [-0.4, -0.2) is 34.6 Å². The van der Waals surface area contributed by atoms with Gasteiger partial charge in [0.15, 0.2) is 0 Å². The number of nitrogens with zero attached hydrogens (tertiary/aromatic N) is 1. The van der Waals surface area contributed by atoms with Crippen LogP contribution in [0.3, 0.4) is 0 Å². The minimum atomic E-state index is -0.856. The highest BCUT2D eigenvalue weighted by Crippen LogP contribution is 2.25. The summed E-state index contributed by atoms with van der Waals surface area (Å²) in [6.07, 6.45) is 6.54. The van der Waals surface area contributed by atoms with E-state index < -0.39 is 11.9 Å². The van der Waals surface area contributed by atoms with E-state index >= 15 is 0 Å². The van der Waals surface area contributed by atoms with Gasteiger partial charge in [-0.1, -0.05) is 37.3 Å². The van der Waals surface area contributed by atoms with E-state index in [1.807, 2.05) is 6.92 Å². The average Bonchev–Trinajstić information content (AvgIpc) is 2.51. The normalized spacial score (nSPS) is 21.4. The van der Waals surface area contributed by atoms with Crippen molar-refractivity contribution in [3.63, 3.8) is 0 Å². The maximum Gasteiger partial charge on any atom is 0.308 e. The summed E-state index contributed by atoms with van der Waals surface area (Å²) in [6, 6.07) is 1.12. The van der Waals surface area contributed by atoms with E-state index in [4.69, 9.17) is 16.3 Å². The number of halogens is 1. The molecule has 2 unspecified atom stereocenters. The van der Waals surface area contributed by atoms with Gasteiger partial charge in [-0.3, -0.25) is 9.59 Å². The number of carboxylic acid groups (broad SMARTS) is 1. The van der Waals surface area contributed by atoms with Gasteiger partial charge in [-0.25, -0.2) is 4.98 Å². The molecule has 1 amide bonds. The van der Waals surface area contributed by atoms with E-state index in [2.05, 4.69) is 10.3 Å². The molecule has 1 fully saturated rings. The molecule has 24 heavy (non-hydrogen) atoms. The molecule has 0 aromatic carbocycles. The fraction of sp³-hybridized carbons (Fsp3) is 0.588. The number of amides is 1. The van der Waals surface area contributed by atoms with Crippen LogP contribution in [0.25, 0.3) is 0 Å². The number of aliphatic carboxylic acids is 1. The van der Waals surface area contributed by atoms with Crippen LogP contribution < -0.4 is 10.1 Å². The number of carboxylic acids is 1. The fourth-order valence-corrected chi connectivity index (χ4v) is 3.22. The second-order valence-electron chi connectivity index (χ2n) is 5.96. The van der Waals surface area contributed by atoms with Crippen LogP contribution in [0.5, 0.6) is 5.88 Å². The van der Waals surface area contributed by atoms with Gasteiger partial charge >= 0.3 is 5.97 Å². The molecule has 1 aliphatic rings. The summed E-state index contributed by atoms with van der Waals surface area (Å²) < 4.78 is 5.25. The zero-order valence-electron chi connectivity index (χ0n) is 13.8. The number of aromatic nitrogens is 1. The minimum Gasteiger partial charge on any atom is -0.481 e. The third-order valence-electron chi connectivity index (χ3n) is 4.25.